The average Bonchev–Trinajstić information content (AvgIpc) is 3.57. The minimum atomic E-state index is -3.67. The quantitative estimate of drug-likeness (QED) is 0.411. The van der Waals surface area contributed by atoms with Gasteiger partial charge in [-0.25, -0.2) is 13.4 Å². The number of fused-ring (bicyclic) bond motifs is 1. The number of aromatic nitrogens is 3. The van der Waals surface area contributed by atoms with E-state index in [-0.39, 0.29) is 46.2 Å². The fraction of sp³-hybridized carbons (Fsp3) is 0.429. The Morgan fingerprint density at radius 2 is 1.95 bits per heavy atom. The smallest absolute Gasteiger partial charge is 0.271 e. The maximum absolute atomic E-state index is 13.3. The van der Waals surface area contributed by atoms with Crippen molar-refractivity contribution in [2.75, 3.05) is 6.26 Å². The monoisotopic (exact) mass is 549 g/mol. The lowest BCUT2D eigenvalue weighted by Gasteiger charge is -2.31. The zero-order chi connectivity index (χ0) is 27.6. The van der Waals surface area contributed by atoms with Crippen LogP contribution in [-0.4, -0.2) is 69.6 Å². The lowest BCUT2D eigenvalue weighted by atomic mass is 9.89. The van der Waals surface area contributed by atoms with Crippen molar-refractivity contribution < 1.29 is 23.1 Å². The first-order valence-corrected chi connectivity index (χ1v) is 15.1. The van der Waals surface area contributed by atoms with Crippen LogP contribution in [0, 0.1) is 12.8 Å². The second-order valence-corrected chi connectivity index (χ2v) is 13.1. The van der Waals surface area contributed by atoms with Crippen molar-refractivity contribution in [3.63, 3.8) is 0 Å². The van der Waals surface area contributed by atoms with Crippen molar-refractivity contribution in [1.82, 2.24) is 25.2 Å². The zero-order valence-electron chi connectivity index (χ0n) is 22.1. The van der Waals surface area contributed by atoms with Crippen LogP contribution in [0.5, 0.6) is 0 Å². The second kappa shape index (κ2) is 9.27. The van der Waals surface area contributed by atoms with Crippen LogP contribution >= 0.6 is 0 Å². The molecule has 39 heavy (non-hydrogen) atoms. The number of carbonyl (C=O) groups excluding carboxylic acids is 2. The number of hydrogen-bond acceptors (Lipinski definition) is 7. The van der Waals surface area contributed by atoms with E-state index in [1.54, 1.807) is 36.2 Å². The van der Waals surface area contributed by atoms with E-state index in [0.29, 0.717) is 53.6 Å². The molecule has 204 valence electrons. The molecule has 6 rings (SSSR count). The van der Waals surface area contributed by atoms with Crippen molar-refractivity contribution >= 4 is 21.7 Å². The first-order chi connectivity index (χ1) is 18.5. The van der Waals surface area contributed by atoms with E-state index in [2.05, 4.69) is 20.3 Å². The van der Waals surface area contributed by atoms with Crippen LogP contribution in [0.4, 0.5) is 0 Å². The molecule has 3 N–H and O–H groups in total. The molecule has 1 atom stereocenters. The Labute approximate surface area is 226 Å². The number of benzene rings is 1. The molecule has 0 unspecified atom stereocenters. The molecule has 2 fully saturated rings. The molecule has 2 aromatic heterocycles. The van der Waals surface area contributed by atoms with E-state index in [9.17, 15) is 23.1 Å². The van der Waals surface area contributed by atoms with E-state index < -0.39 is 9.84 Å². The Balaban J connectivity index is 1.33. The molecule has 2 amide bonds. The van der Waals surface area contributed by atoms with Gasteiger partial charge in [-0.15, -0.1) is 0 Å². The first-order valence-electron chi connectivity index (χ1n) is 13.2. The van der Waals surface area contributed by atoms with E-state index in [0.717, 1.165) is 24.7 Å². The predicted molar refractivity (Wildman–Crippen MR) is 144 cm³/mol. The minimum Gasteiger partial charge on any atom is -0.393 e. The molecule has 0 saturated heterocycles. The van der Waals surface area contributed by atoms with Gasteiger partial charge < -0.3 is 20.3 Å². The van der Waals surface area contributed by atoms with E-state index in [1.165, 1.54) is 0 Å². The highest BCUT2D eigenvalue weighted by molar-refractivity contribution is 7.90. The van der Waals surface area contributed by atoms with Crippen molar-refractivity contribution in [2.45, 2.75) is 69.2 Å². The maximum Gasteiger partial charge on any atom is 0.271 e. The summed E-state index contributed by atoms with van der Waals surface area (Å²) in [6, 6.07) is 7.03. The fourth-order valence-corrected chi connectivity index (χ4v) is 6.49. The largest absolute Gasteiger partial charge is 0.393 e. The number of amides is 2. The van der Waals surface area contributed by atoms with Crippen molar-refractivity contribution in [3.05, 3.63) is 53.0 Å². The number of nitrogens with zero attached hydrogens (tertiary/aromatic N) is 3. The van der Waals surface area contributed by atoms with Gasteiger partial charge in [0, 0.05) is 36.8 Å². The molecular weight excluding hydrogens is 518 g/mol. The van der Waals surface area contributed by atoms with E-state index in [1.807, 2.05) is 13.0 Å². The summed E-state index contributed by atoms with van der Waals surface area (Å²) in [6.07, 6.45) is 5.61. The summed E-state index contributed by atoms with van der Waals surface area (Å²) >= 11 is 0. The summed E-state index contributed by atoms with van der Waals surface area (Å²) in [6.45, 7) is 4.18. The Kier molecular flexibility index (Phi) is 6.11. The van der Waals surface area contributed by atoms with Crippen LogP contribution in [0.1, 0.15) is 64.7 Å². The van der Waals surface area contributed by atoms with Crippen molar-refractivity contribution in [1.29, 1.82) is 0 Å². The van der Waals surface area contributed by atoms with Gasteiger partial charge in [-0.1, -0.05) is 0 Å². The highest BCUT2D eigenvalue weighted by Gasteiger charge is 2.41. The molecule has 3 heterocycles. The van der Waals surface area contributed by atoms with Gasteiger partial charge in [-0.05, 0) is 86.4 Å². The lowest BCUT2D eigenvalue weighted by Crippen LogP contribution is -2.46. The number of hydrogen-bond donors (Lipinski definition) is 3. The number of aryl methyl sites for hydroxylation is 1. The normalized spacial score (nSPS) is 21.4. The van der Waals surface area contributed by atoms with Gasteiger partial charge in [0.25, 0.3) is 11.8 Å². The van der Waals surface area contributed by atoms with Gasteiger partial charge in [0.1, 0.15) is 11.4 Å². The molecule has 3 aliphatic rings. The molecular formula is C28H31N5O5S. The van der Waals surface area contributed by atoms with Gasteiger partial charge in [-0.2, -0.15) is 0 Å². The number of aliphatic hydroxyl groups is 1. The summed E-state index contributed by atoms with van der Waals surface area (Å²) in [7, 11) is -3.67. The second-order valence-electron chi connectivity index (χ2n) is 11.1. The average molecular weight is 550 g/mol. The van der Waals surface area contributed by atoms with Crippen LogP contribution in [0.15, 0.2) is 35.4 Å². The molecule has 3 aromatic rings. The maximum atomic E-state index is 13.3. The molecule has 1 aliphatic heterocycles. The highest BCUT2D eigenvalue weighted by atomic mass is 32.2. The third kappa shape index (κ3) is 4.74. The molecule has 1 aromatic carbocycles. The van der Waals surface area contributed by atoms with Crippen LogP contribution in [-0.2, 0) is 16.4 Å². The molecule has 0 bridgehead atoms. The highest BCUT2D eigenvalue weighted by Crippen LogP contribution is 2.41. The molecule has 11 heteroatoms. The van der Waals surface area contributed by atoms with Crippen LogP contribution in [0.25, 0.3) is 22.6 Å². The summed E-state index contributed by atoms with van der Waals surface area (Å²) in [5.41, 5.74) is 3.72. The number of aromatic amines is 1. The third-order valence-corrected chi connectivity index (χ3v) is 9.20. The van der Waals surface area contributed by atoms with Crippen LogP contribution in [0.2, 0.25) is 0 Å². The number of nitrogens with one attached hydrogen (secondary N) is 2. The minimum absolute atomic E-state index is 0.0396. The Hall–Kier alpha value is -3.57. The van der Waals surface area contributed by atoms with Crippen molar-refractivity contribution in [3.8, 4) is 22.6 Å². The molecule has 0 spiro atoms. The third-order valence-electron chi connectivity index (χ3n) is 8.08. The fourth-order valence-electron chi connectivity index (χ4n) is 5.56. The summed E-state index contributed by atoms with van der Waals surface area (Å²) in [5, 5.41) is 12.4. The molecule has 2 saturated carbocycles. The number of imidazole rings is 1. The predicted octanol–water partition coefficient (Wildman–Crippen LogP) is 2.86. The van der Waals surface area contributed by atoms with Gasteiger partial charge in [0.05, 0.1) is 16.6 Å². The van der Waals surface area contributed by atoms with Gasteiger partial charge >= 0.3 is 0 Å². The first kappa shape index (κ1) is 25.7. The summed E-state index contributed by atoms with van der Waals surface area (Å²) < 4.78 is 25.6. The zero-order valence-corrected chi connectivity index (χ0v) is 22.9. The topological polar surface area (TPSA) is 145 Å². The van der Waals surface area contributed by atoms with Gasteiger partial charge in [-0.3, -0.25) is 14.6 Å². The number of H-pyrrole nitrogens is 1. The Bertz CT molecular complexity index is 1600. The number of sulfone groups is 1. The lowest BCUT2D eigenvalue weighted by molar-refractivity contribution is 0.0560. The SMILES string of the molecule is Cc1[nH]c(-c2cc(-c3cc4c(c(S(C)(=O)=O)c3)C(=O)N([C@@H](C)C3CC3)C4)ccn2)nc1C(=O)NC1CC(O)C1. The number of rotatable bonds is 7. The van der Waals surface area contributed by atoms with E-state index in [4.69, 9.17) is 0 Å². The number of aliphatic hydroxyl groups excluding tert-OH is 1. The van der Waals surface area contributed by atoms with Gasteiger partial charge in [0.2, 0.25) is 0 Å². The molecule has 2 aliphatic carbocycles. The van der Waals surface area contributed by atoms with Crippen LogP contribution < -0.4 is 5.32 Å². The number of carbonyl (C=O) groups is 2. The Morgan fingerprint density at radius 3 is 2.62 bits per heavy atom. The number of pyridine rings is 1. The summed E-state index contributed by atoms with van der Waals surface area (Å²) in [4.78, 5) is 39.9. The van der Waals surface area contributed by atoms with Gasteiger partial charge in [0.15, 0.2) is 15.7 Å². The summed E-state index contributed by atoms with van der Waals surface area (Å²) in [5.74, 6) is 0.350. The van der Waals surface area contributed by atoms with E-state index >= 15 is 0 Å². The van der Waals surface area contributed by atoms with Crippen LogP contribution in [0.3, 0.4) is 0 Å². The van der Waals surface area contributed by atoms with Crippen molar-refractivity contribution in [2.24, 2.45) is 5.92 Å². The standard InChI is InChI=1S/C28H31N5O5S/c1-14-25(27(35)31-20-11-21(34)12-20)32-26(30-14)22-9-17(6-7-29-22)18-8-19-13-33(15(2)16-4-5-16)28(36)24(19)23(10-18)39(3,37)38/h6-10,15-16,20-21,34H,4-5,11-13H2,1-3H3,(H,30,32)(H,31,35)/t15-,20?,21?/m0/s1. The molecule has 0 radical (unpaired) electrons. The Morgan fingerprint density at radius 1 is 1.21 bits per heavy atom. The molecule has 10 nitrogen and oxygen atoms in total.